The van der Waals surface area contributed by atoms with E-state index in [-0.39, 0.29) is 18.6 Å². The average molecular weight is 353 g/mol. The molecule has 2 heterocycles. The van der Waals surface area contributed by atoms with Crippen molar-refractivity contribution in [2.45, 2.75) is 25.3 Å². The standard InChI is InChI=1S/C20H23N3O3/c24-19(25)16-9-6-12-23(14-16)20(26)22-18(15-7-2-1-3-8-15)13-17-10-4-5-11-21-17/h1-5,7-8,10-11,16,18H,6,9,12-14H2,(H,22,26)(H,24,25)/t16-,18-/m0/s1. The molecule has 2 amide bonds. The number of nitrogens with zero attached hydrogens (tertiary/aromatic N) is 2. The minimum absolute atomic E-state index is 0.219. The van der Waals surface area contributed by atoms with Crippen molar-refractivity contribution in [3.63, 3.8) is 0 Å². The van der Waals surface area contributed by atoms with Crippen LogP contribution in [0.15, 0.2) is 54.7 Å². The number of rotatable bonds is 5. The van der Waals surface area contributed by atoms with E-state index in [1.54, 1.807) is 11.1 Å². The lowest BCUT2D eigenvalue weighted by atomic mass is 9.98. The number of carbonyl (C=O) groups is 2. The number of benzene rings is 1. The van der Waals surface area contributed by atoms with E-state index in [4.69, 9.17) is 0 Å². The van der Waals surface area contributed by atoms with Crippen LogP contribution in [0.2, 0.25) is 0 Å². The number of aliphatic carboxylic acids is 1. The Kier molecular flexibility index (Phi) is 5.84. The van der Waals surface area contributed by atoms with E-state index in [0.717, 1.165) is 11.3 Å². The molecule has 6 heteroatoms. The first kappa shape index (κ1) is 17.9. The zero-order chi connectivity index (χ0) is 18.4. The van der Waals surface area contributed by atoms with E-state index in [2.05, 4.69) is 10.3 Å². The SMILES string of the molecule is O=C(O)[C@H]1CCCN(C(=O)N[C@@H](Cc2ccccn2)c2ccccc2)C1. The largest absolute Gasteiger partial charge is 0.481 e. The van der Waals surface area contributed by atoms with Gasteiger partial charge < -0.3 is 15.3 Å². The van der Waals surface area contributed by atoms with Crippen LogP contribution >= 0.6 is 0 Å². The number of amides is 2. The maximum atomic E-state index is 12.7. The van der Waals surface area contributed by atoms with Gasteiger partial charge in [-0.3, -0.25) is 9.78 Å². The van der Waals surface area contributed by atoms with Gasteiger partial charge in [0.2, 0.25) is 0 Å². The lowest BCUT2D eigenvalue weighted by Gasteiger charge is -2.32. The molecule has 1 aromatic heterocycles. The second-order valence-electron chi connectivity index (χ2n) is 6.56. The molecule has 0 aliphatic carbocycles. The van der Waals surface area contributed by atoms with Crippen LogP contribution < -0.4 is 5.32 Å². The van der Waals surface area contributed by atoms with E-state index in [0.29, 0.717) is 25.8 Å². The zero-order valence-electron chi connectivity index (χ0n) is 14.5. The van der Waals surface area contributed by atoms with Gasteiger partial charge in [-0.05, 0) is 30.5 Å². The highest BCUT2D eigenvalue weighted by Crippen LogP contribution is 2.20. The molecular formula is C20H23N3O3. The first-order chi connectivity index (χ1) is 12.6. The maximum Gasteiger partial charge on any atom is 0.317 e. The molecule has 26 heavy (non-hydrogen) atoms. The van der Waals surface area contributed by atoms with Gasteiger partial charge in [-0.2, -0.15) is 0 Å². The Morgan fingerprint density at radius 1 is 1.19 bits per heavy atom. The van der Waals surface area contributed by atoms with Gasteiger partial charge in [0.1, 0.15) is 0 Å². The summed E-state index contributed by atoms with van der Waals surface area (Å²) in [6.07, 6.45) is 3.64. The number of urea groups is 1. The summed E-state index contributed by atoms with van der Waals surface area (Å²) in [4.78, 5) is 29.9. The highest BCUT2D eigenvalue weighted by Gasteiger charge is 2.29. The van der Waals surface area contributed by atoms with Crippen molar-refractivity contribution in [2.24, 2.45) is 5.92 Å². The number of carboxylic acid groups (broad SMARTS) is 1. The van der Waals surface area contributed by atoms with Crippen LogP contribution in [0.3, 0.4) is 0 Å². The van der Waals surface area contributed by atoms with Gasteiger partial charge >= 0.3 is 12.0 Å². The number of likely N-dealkylation sites (tertiary alicyclic amines) is 1. The molecule has 1 aliphatic rings. The third-order valence-corrected chi connectivity index (χ3v) is 4.70. The van der Waals surface area contributed by atoms with E-state index in [1.165, 1.54) is 0 Å². The molecule has 2 atom stereocenters. The van der Waals surface area contributed by atoms with Gasteiger partial charge in [0.15, 0.2) is 0 Å². The number of nitrogens with one attached hydrogen (secondary N) is 1. The number of aromatic nitrogens is 1. The molecule has 0 spiro atoms. The summed E-state index contributed by atoms with van der Waals surface area (Å²) >= 11 is 0. The molecule has 0 bridgehead atoms. The van der Waals surface area contributed by atoms with Gasteiger partial charge in [-0.25, -0.2) is 4.79 Å². The van der Waals surface area contributed by atoms with E-state index in [1.807, 2.05) is 48.5 Å². The predicted molar refractivity (Wildman–Crippen MR) is 97.6 cm³/mol. The fourth-order valence-corrected chi connectivity index (χ4v) is 3.27. The van der Waals surface area contributed by atoms with E-state index < -0.39 is 11.9 Å². The predicted octanol–water partition coefficient (Wildman–Crippen LogP) is 2.87. The molecule has 1 aromatic carbocycles. The number of carboxylic acids is 1. The summed E-state index contributed by atoms with van der Waals surface area (Å²) in [5.41, 5.74) is 1.89. The van der Waals surface area contributed by atoms with E-state index >= 15 is 0 Å². The average Bonchev–Trinajstić information content (AvgIpc) is 2.69. The monoisotopic (exact) mass is 353 g/mol. The summed E-state index contributed by atoms with van der Waals surface area (Å²) < 4.78 is 0. The molecular weight excluding hydrogens is 330 g/mol. The Morgan fingerprint density at radius 3 is 2.65 bits per heavy atom. The third kappa shape index (κ3) is 4.59. The van der Waals surface area contributed by atoms with Gasteiger partial charge in [0, 0.05) is 31.4 Å². The normalized spacial score (nSPS) is 18.2. The number of carbonyl (C=O) groups excluding carboxylic acids is 1. The van der Waals surface area contributed by atoms with Crippen molar-refractivity contribution in [3.8, 4) is 0 Å². The fourth-order valence-electron chi connectivity index (χ4n) is 3.27. The zero-order valence-corrected chi connectivity index (χ0v) is 14.5. The van der Waals surface area contributed by atoms with Crippen molar-refractivity contribution in [3.05, 3.63) is 66.0 Å². The first-order valence-corrected chi connectivity index (χ1v) is 8.86. The first-order valence-electron chi connectivity index (χ1n) is 8.86. The maximum absolute atomic E-state index is 12.7. The molecule has 136 valence electrons. The minimum atomic E-state index is -0.837. The van der Waals surface area contributed by atoms with Crippen LogP contribution in [-0.2, 0) is 11.2 Å². The van der Waals surface area contributed by atoms with Crippen molar-refractivity contribution >= 4 is 12.0 Å². The van der Waals surface area contributed by atoms with Crippen molar-refractivity contribution < 1.29 is 14.7 Å². The molecule has 1 fully saturated rings. The van der Waals surface area contributed by atoms with Gasteiger partial charge in [0.25, 0.3) is 0 Å². The second-order valence-corrected chi connectivity index (χ2v) is 6.56. The lowest BCUT2D eigenvalue weighted by molar-refractivity contribution is -0.143. The highest BCUT2D eigenvalue weighted by molar-refractivity contribution is 5.77. The molecule has 6 nitrogen and oxygen atoms in total. The molecule has 2 N–H and O–H groups in total. The second kappa shape index (κ2) is 8.47. The number of hydrogen-bond donors (Lipinski definition) is 2. The van der Waals surface area contributed by atoms with Crippen LogP contribution in [0.4, 0.5) is 4.79 Å². The highest BCUT2D eigenvalue weighted by atomic mass is 16.4. The number of pyridine rings is 1. The van der Waals surface area contributed by atoms with Crippen LogP contribution in [0, 0.1) is 5.92 Å². The van der Waals surface area contributed by atoms with E-state index in [9.17, 15) is 14.7 Å². The van der Waals surface area contributed by atoms with Crippen LogP contribution in [-0.4, -0.2) is 40.1 Å². The quantitative estimate of drug-likeness (QED) is 0.866. The third-order valence-electron chi connectivity index (χ3n) is 4.70. The molecule has 3 rings (SSSR count). The Morgan fingerprint density at radius 2 is 1.96 bits per heavy atom. The molecule has 0 unspecified atom stereocenters. The van der Waals surface area contributed by atoms with Gasteiger partial charge in [-0.15, -0.1) is 0 Å². The van der Waals surface area contributed by atoms with Crippen LogP contribution in [0.5, 0.6) is 0 Å². The number of hydrogen-bond acceptors (Lipinski definition) is 3. The Balaban J connectivity index is 1.72. The topological polar surface area (TPSA) is 82.5 Å². The smallest absolute Gasteiger partial charge is 0.317 e. The summed E-state index contributed by atoms with van der Waals surface area (Å²) in [5.74, 6) is -1.32. The van der Waals surface area contributed by atoms with Crippen LogP contribution in [0.1, 0.15) is 30.1 Å². The summed E-state index contributed by atoms with van der Waals surface area (Å²) in [7, 11) is 0. The van der Waals surface area contributed by atoms with Crippen molar-refractivity contribution in [1.29, 1.82) is 0 Å². The Bertz CT molecular complexity index is 736. The van der Waals surface area contributed by atoms with Crippen molar-refractivity contribution in [2.75, 3.05) is 13.1 Å². The number of piperidine rings is 1. The summed E-state index contributed by atoms with van der Waals surface area (Å²) in [6.45, 7) is 0.840. The lowest BCUT2D eigenvalue weighted by Crippen LogP contribution is -2.48. The minimum Gasteiger partial charge on any atom is -0.481 e. The molecule has 0 saturated carbocycles. The summed E-state index contributed by atoms with van der Waals surface area (Å²) in [6, 6.07) is 15.0. The fraction of sp³-hybridized carbons (Fsp3) is 0.350. The molecule has 0 radical (unpaired) electrons. The van der Waals surface area contributed by atoms with Crippen LogP contribution in [0.25, 0.3) is 0 Å². The molecule has 1 aliphatic heterocycles. The summed E-state index contributed by atoms with van der Waals surface area (Å²) in [5, 5.41) is 12.3. The van der Waals surface area contributed by atoms with Gasteiger partial charge in [0.05, 0.1) is 12.0 Å². The Hall–Kier alpha value is -2.89. The molecule has 1 saturated heterocycles. The molecule has 2 aromatic rings. The Labute approximate surface area is 152 Å². The van der Waals surface area contributed by atoms with Crippen molar-refractivity contribution in [1.82, 2.24) is 15.2 Å². The van der Waals surface area contributed by atoms with Gasteiger partial charge in [-0.1, -0.05) is 36.4 Å².